The van der Waals surface area contributed by atoms with Gasteiger partial charge in [-0.2, -0.15) is 0 Å². The average Bonchev–Trinajstić information content (AvgIpc) is 3.06. The molecule has 0 aliphatic rings. The number of aliphatic carboxylic acids is 1. The summed E-state index contributed by atoms with van der Waals surface area (Å²) in [6.45, 7) is 4.85. The first-order chi connectivity index (χ1) is 23.0. The number of hydrogen-bond donors (Lipinski definition) is 2. The van der Waals surface area contributed by atoms with Crippen molar-refractivity contribution >= 4 is 17.8 Å². The van der Waals surface area contributed by atoms with Crippen molar-refractivity contribution in [3.63, 3.8) is 0 Å². The van der Waals surface area contributed by atoms with Crippen molar-refractivity contribution in [1.29, 1.82) is 0 Å². The van der Waals surface area contributed by atoms with Gasteiger partial charge in [0.15, 0.2) is 0 Å². The van der Waals surface area contributed by atoms with Crippen LogP contribution in [0.3, 0.4) is 0 Å². The van der Waals surface area contributed by atoms with E-state index in [2.05, 4.69) is 19.2 Å². The molecule has 0 saturated carbocycles. The van der Waals surface area contributed by atoms with Gasteiger partial charge >= 0.3 is 11.9 Å². The molecule has 0 radical (unpaired) electrons. The molecule has 0 aromatic carbocycles. The Morgan fingerprint density at radius 3 is 1.13 bits per heavy atom. The molecule has 0 heterocycles. The SMILES string of the molecule is CCCCCCCCCCCCCCCCCCCCCCOC(=O)[C@H](CCC(=O)O)NC(=O)CCCCCCCCCCCCC. The Bertz CT molecular complexity index is 697. The molecule has 6 nitrogen and oxygen atoms in total. The van der Waals surface area contributed by atoms with Gasteiger partial charge < -0.3 is 15.2 Å². The molecule has 0 aromatic heterocycles. The molecule has 0 aliphatic heterocycles. The number of carboxylic acid groups (broad SMARTS) is 1. The molecule has 1 amide bonds. The quantitative estimate of drug-likeness (QED) is 0.0506. The summed E-state index contributed by atoms with van der Waals surface area (Å²) in [5, 5.41) is 11.8. The molecular formula is C41H79NO5. The van der Waals surface area contributed by atoms with Crippen LogP contribution in [0.2, 0.25) is 0 Å². The number of carbonyl (C=O) groups is 3. The minimum Gasteiger partial charge on any atom is -0.481 e. The number of unbranched alkanes of at least 4 members (excludes halogenated alkanes) is 29. The highest BCUT2D eigenvalue weighted by Crippen LogP contribution is 2.16. The zero-order valence-corrected chi connectivity index (χ0v) is 31.4. The molecule has 278 valence electrons. The van der Waals surface area contributed by atoms with Crippen molar-refractivity contribution in [2.24, 2.45) is 0 Å². The first-order valence-corrected chi connectivity index (χ1v) is 20.7. The minimum atomic E-state index is -0.975. The largest absolute Gasteiger partial charge is 0.481 e. The Labute approximate surface area is 291 Å². The van der Waals surface area contributed by atoms with E-state index in [9.17, 15) is 14.4 Å². The van der Waals surface area contributed by atoms with Crippen LogP contribution in [0, 0.1) is 0 Å². The van der Waals surface area contributed by atoms with Crippen LogP contribution in [0.5, 0.6) is 0 Å². The predicted molar refractivity (Wildman–Crippen MR) is 199 cm³/mol. The van der Waals surface area contributed by atoms with Gasteiger partial charge in [-0.1, -0.05) is 200 Å². The van der Waals surface area contributed by atoms with E-state index in [1.807, 2.05) is 0 Å². The van der Waals surface area contributed by atoms with Gasteiger partial charge in [0.1, 0.15) is 6.04 Å². The fraction of sp³-hybridized carbons (Fsp3) is 0.927. The van der Waals surface area contributed by atoms with Gasteiger partial charge in [0, 0.05) is 12.8 Å². The summed E-state index contributed by atoms with van der Waals surface area (Å²) in [5.74, 6) is -1.67. The smallest absolute Gasteiger partial charge is 0.328 e. The summed E-state index contributed by atoms with van der Waals surface area (Å²) in [7, 11) is 0. The van der Waals surface area contributed by atoms with E-state index in [0.29, 0.717) is 13.0 Å². The fourth-order valence-corrected chi connectivity index (χ4v) is 6.36. The summed E-state index contributed by atoms with van der Waals surface area (Å²) in [4.78, 5) is 36.2. The zero-order chi connectivity index (χ0) is 34.5. The van der Waals surface area contributed by atoms with Crippen molar-refractivity contribution < 1.29 is 24.2 Å². The second-order valence-corrected chi connectivity index (χ2v) is 14.2. The first-order valence-electron chi connectivity index (χ1n) is 20.7. The van der Waals surface area contributed by atoms with Gasteiger partial charge in [0.2, 0.25) is 5.91 Å². The lowest BCUT2D eigenvalue weighted by molar-refractivity contribution is -0.148. The summed E-state index contributed by atoms with van der Waals surface area (Å²) >= 11 is 0. The molecule has 0 bridgehead atoms. The lowest BCUT2D eigenvalue weighted by atomic mass is 10.0. The third-order valence-corrected chi connectivity index (χ3v) is 9.52. The predicted octanol–water partition coefficient (Wildman–Crippen LogP) is 12.4. The van der Waals surface area contributed by atoms with E-state index in [0.717, 1.165) is 38.5 Å². The summed E-state index contributed by atoms with van der Waals surface area (Å²) in [5.41, 5.74) is 0. The van der Waals surface area contributed by atoms with E-state index >= 15 is 0 Å². The molecule has 0 rings (SSSR count). The molecule has 0 spiro atoms. The average molecular weight is 666 g/mol. The van der Waals surface area contributed by atoms with Crippen molar-refractivity contribution in [3.05, 3.63) is 0 Å². The van der Waals surface area contributed by atoms with Crippen LogP contribution < -0.4 is 5.32 Å². The van der Waals surface area contributed by atoms with Crippen molar-refractivity contribution in [2.75, 3.05) is 6.61 Å². The van der Waals surface area contributed by atoms with Crippen LogP contribution in [0.4, 0.5) is 0 Å². The van der Waals surface area contributed by atoms with Gasteiger partial charge in [-0.25, -0.2) is 4.79 Å². The van der Waals surface area contributed by atoms with E-state index in [-0.39, 0.29) is 18.7 Å². The number of carbonyl (C=O) groups excluding carboxylic acids is 2. The van der Waals surface area contributed by atoms with Gasteiger partial charge in [0.05, 0.1) is 6.61 Å². The van der Waals surface area contributed by atoms with Crippen LogP contribution in [0.25, 0.3) is 0 Å². The summed E-state index contributed by atoms with van der Waals surface area (Å²) in [6.07, 6.45) is 40.1. The number of esters is 1. The highest BCUT2D eigenvalue weighted by Gasteiger charge is 2.23. The van der Waals surface area contributed by atoms with Gasteiger partial charge in [-0.15, -0.1) is 0 Å². The summed E-state index contributed by atoms with van der Waals surface area (Å²) in [6, 6.07) is -0.878. The monoisotopic (exact) mass is 666 g/mol. The molecule has 0 aromatic rings. The van der Waals surface area contributed by atoms with E-state index in [1.165, 1.54) is 161 Å². The zero-order valence-electron chi connectivity index (χ0n) is 31.4. The highest BCUT2D eigenvalue weighted by atomic mass is 16.5. The van der Waals surface area contributed by atoms with Gasteiger partial charge in [-0.3, -0.25) is 9.59 Å². The van der Waals surface area contributed by atoms with Crippen LogP contribution in [-0.2, 0) is 19.1 Å². The van der Waals surface area contributed by atoms with Crippen LogP contribution >= 0.6 is 0 Å². The van der Waals surface area contributed by atoms with E-state index in [1.54, 1.807) is 0 Å². The third kappa shape index (κ3) is 35.5. The molecule has 0 fully saturated rings. The third-order valence-electron chi connectivity index (χ3n) is 9.52. The number of nitrogens with one attached hydrogen (secondary N) is 1. The van der Waals surface area contributed by atoms with Crippen LogP contribution in [0.15, 0.2) is 0 Å². The van der Waals surface area contributed by atoms with E-state index in [4.69, 9.17) is 9.84 Å². The van der Waals surface area contributed by atoms with Crippen LogP contribution in [-0.4, -0.2) is 35.6 Å². The van der Waals surface area contributed by atoms with E-state index < -0.39 is 18.0 Å². The maximum absolute atomic E-state index is 12.6. The molecule has 0 aliphatic carbocycles. The first kappa shape index (κ1) is 45.4. The lowest BCUT2D eigenvalue weighted by Crippen LogP contribution is -2.42. The number of carboxylic acids is 1. The maximum Gasteiger partial charge on any atom is 0.328 e. The van der Waals surface area contributed by atoms with Crippen molar-refractivity contribution in [1.82, 2.24) is 5.32 Å². The molecule has 0 saturated heterocycles. The minimum absolute atomic E-state index is 0.0669. The number of rotatable bonds is 38. The molecule has 47 heavy (non-hydrogen) atoms. The number of hydrogen-bond acceptors (Lipinski definition) is 4. The molecule has 1 atom stereocenters. The molecule has 2 N–H and O–H groups in total. The second kappa shape index (κ2) is 37.2. The topological polar surface area (TPSA) is 92.7 Å². The highest BCUT2D eigenvalue weighted by molar-refractivity contribution is 5.84. The molecule has 0 unspecified atom stereocenters. The Hall–Kier alpha value is -1.59. The molecular weight excluding hydrogens is 586 g/mol. The lowest BCUT2D eigenvalue weighted by Gasteiger charge is -2.17. The number of ether oxygens (including phenoxy) is 1. The number of amides is 1. The van der Waals surface area contributed by atoms with Gasteiger partial charge in [0.25, 0.3) is 0 Å². The van der Waals surface area contributed by atoms with Crippen molar-refractivity contribution in [2.45, 2.75) is 238 Å². The van der Waals surface area contributed by atoms with Crippen molar-refractivity contribution in [3.8, 4) is 0 Å². The summed E-state index contributed by atoms with van der Waals surface area (Å²) < 4.78 is 5.44. The molecule has 6 heteroatoms. The maximum atomic E-state index is 12.6. The Morgan fingerprint density at radius 1 is 0.468 bits per heavy atom. The Morgan fingerprint density at radius 2 is 0.787 bits per heavy atom. The normalized spacial score (nSPS) is 11.9. The second-order valence-electron chi connectivity index (χ2n) is 14.2. The Kier molecular flexibility index (Phi) is 36.0. The van der Waals surface area contributed by atoms with Crippen LogP contribution in [0.1, 0.15) is 232 Å². The standard InChI is InChI=1S/C41H79NO5/c1-3-5-7-9-11-13-15-16-17-18-19-20-21-22-23-25-27-29-31-33-37-47-41(46)38(35-36-40(44)45)42-39(43)34-32-30-28-26-24-14-12-10-8-6-4-2/h38H,3-37H2,1-2H3,(H,42,43)(H,44,45)/t38-/m0/s1. The van der Waals surface area contributed by atoms with Gasteiger partial charge in [-0.05, 0) is 19.3 Å². The fourth-order valence-electron chi connectivity index (χ4n) is 6.36. The Balaban J connectivity index is 3.74.